The molecule has 80 valence electrons. The highest BCUT2D eigenvalue weighted by molar-refractivity contribution is 7.51. The van der Waals surface area contributed by atoms with Gasteiger partial charge in [0.2, 0.25) is 0 Å². The molecule has 1 unspecified atom stereocenters. The molecule has 1 atom stereocenters. The highest BCUT2D eigenvalue weighted by Gasteiger charge is 1.97. The lowest BCUT2D eigenvalue weighted by atomic mass is 10.4. The molecule has 0 saturated heterocycles. The van der Waals surface area contributed by atoms with Crippen LogP contribution < -0.4 is 0 Å². The summed E-state index contributed by atoms with van der Waals surface area (Å²) in [6.45, 7) is 7.34. The normalized spacial score (nSPS) is 11.3. The molecule has 0 rings (SSSR count). The SMILES string of the molecule is CCCCOP(C)CCC.O=CO. The third-order valence-electron chi connectivity index (χ3n) is 1.35. The molecule has 0 amide bonds. The lowest BCUT2D eigenvalue weighted by Crippen LogP contribution is -1.90. The van der Waals surface area contributed by atoms with E-state index in [9.17, 15) is 0 Å². The third kappa shape index (κ3) is 18.7. The van der Waals surface area contributed by atoms with E-state index in [2.05, 4.69) is 20.5 Å². The second kappa shape index (κ2) is 14.4. The second-order valence-corrected chi connectivity index (χ2v) is 4.60. The van der Waals surface area contributed by atoms with Crippen molar-refractivity contribution in [2.45, 2.75) is 33.1 Å². The highest BCUT2D eigenvalue weighted by Crippen LogP contribution is 2.32. The van der Waals surface area contributed by atoms with E-state index in [0.717, 1.165) is 6.61 Å². The Morgan fingerprint density at radius 1 is 1.38 bits per heavy atom. The van der Waals surface area contributed by atoms with Gasteiger partial charge in [-0.3, -0.25) is 4.79 Å². The van der Waals surface area contributed by atoms with Crippen molar-refractivity contribution in [3.63, 3.8) is 0 Å². The Bertz CT molecular complexity index is 98.9. The van der Waals surface area contributed by atoms with Gasteiger partial charge >= 0.3 is 0 Å². The van der Waals surface area contributed by atoms with Crippen LogP contribution in [0.2, 0.25) is 0 Å². The molecule has 0 radical (unpaired) electrons. The molecule has 0 heterocycles. The zero-order chi connectivity index (χ0) is 10.5. The van der Waals surface area contributed by atoms with Crippen LogP contribution in [0.1, 0.15) is 33.1 Å². The molecule has 0 aliphatic heterocycles. The summed E-state index contributed by atoms with van der Waals surface area (Å²) in [7, 11) is -0.0923. The van der Waals surface area contributed by atoms with Gasteiger partial charge in [-0.25, -0.2) is 0 Å². The van der Waals surface area contributed by atoms with E-state index in [1.165, 1.54) is 25.4 Å². The summed E-state index contributed by atoms with van der Waals surface area (Å²) in [6, 6.07) is 0. The van der Waals surface area contributed by atoms with Gasteiger partial charge in [0.25, 0.3) is 6.47 Å². The van der Waals surface area contributed by atoms with Crippen LogP contribution in [0.5, 0.6) is 0 Å². The standard InChI is InChI=1S/C8H19OP.CH2O2/c1-4-6-7-9-10(3)8-5-2;2-1-3/h4-8H2,1-3H3;1H,(H,2,3). The summed E-state index contributed by atoms with van der Waals surface area (Å²) in [5.41, 5.74) is 0. The molecule has 0 aromatic carbocycles. The highest BCUT2D eigenvalue weighted by atomic mass is 31.1. The van der Waals surface area contributed by atoms with Crippen molar-refractivity contribution in [3.8, 4) is 0 Å². The van der Waals surface area contributed by atoms with Crippen molar-refractivity contribution < 1.29 is 14.4 Å². The molecule has 0 aromatic rings. The maximum Gasteiger partial charge on any atom is 0.290 e. The minimum absolute atomic E-state index is 0.0923. The van der Waals surface area contributed by atoms with E-state index in [4.69, 9.17) is 14.4 Å². The minimum atomic E-state index is -0.250. The van der Waals surface area contributed by atoms with E-state index in [0.29, 0.717) is 0 Å². The Hall–Kier alpha value is -0.140. The quantitative estimate of drug-likeness (QED) is 0.414. The van der Waals surface area contributed by atoms with Crippen LogP contribution in [0.15, 0.2) is 0 Å². The van der Waals surface area contributed by atoms with Crippen LogP contribution in [0, 0.1) is 0 Å². The van der Waals surface area contributed by atoms with E-state index in [-0.39, 0.29) is 14.6 Å². The maximum absolute atomic E-state index is 8.36. The first-order valence-electron chi connectivity index (χ1n) is 4.64. The summed E-state index contributed by atoms with van der Waals surface area (Å²) in [6.07, 6.45) is 4.99. The summed E-state index contributed by atoms with van der Waals surface area (Å²) in [4.78, 5) is 8.36. The van der Waals surface area contributed by atoms with Crippen LogP contribution in [-0.4, -0.2) is 31.0 Å². The van der Waals surface area contributed by atoms with Crippen molar-refractivity contribution in [1.29, 1.82) is 0 Å². The number of unbranched alkanes of at least 4 members (excludes halogenated alkanes) is 1. The van der Waals surface area contributed by atoms with Gasteiger partial charge in [-0.05, 0) is 19.2 Å². The largest absolute Gasteiger partial charge is 0.483 e. The van der Waals surface area contributed by atoms with Crippen LogP contribution >= 0.6 is 8.15 Å². The van der Waals surface area contributed by atoms with Crippen LogP contribution in [0.4, 0.5) is 0 Å². The molecule has 0 saturated carbocycles. The lowest BCUT2D eigenvalue weighted by Gasteiger charge is -2.10. The number of carboxylic acid groups (broad SMARTS) is 1. The first kappa shape index (κ1) is 15.3. The van der Waals surface area contributed by atoms with Gasteiger partial charge in [0.1, 0.15) is 0 Å². The fourth-order valence-electron chi connectivity index (χ4n) is 0.744. The fraction of sp³-hybridized carbons (Fsp3) is 0.889. The van der Waals surface area contributed by atoms with Gasteiger partial charge in [-0.2, -0.15) is 0 Å². The second-order valence-electron chi connectivity index (χ2n) is 2.64. The predicted molar refractivity (Wildman–Crippen MR) is 57.6 cm³/mol. The van der Waals surface area contributed by atoms with Crippen molar-refractivity contribution in [1.82, 2.24) is 0 Å². The summed E-state index contributed by atoms with van der Waals surface area (Å²) in [5.74, 6) is 0. The van der Waals surface area contributed by atoms with Crippen molar-refractivity contribution in [3.05, 3.63) is 0 Å². The topological polar surface area (TPSA) is 46.5 Å². The fourth-order valence-corrected chi connectivity index (χ4v) is 1.94. The molecule has 4 heteroatoms. The Balaban J connectivity index is 0. The molecule has 0 spiro atoms. The lowest BCUT2D eigenvalue weighted by molar-refractivity contribution is -0.122. The monoisotopic (exact) mass is 208 g/mol. The average Bonchev–Trinajstić information content (AvgIpc) is 2.07. The van der Waals surface area contributed by atoms with Gasteiger partial charge in [-0.15, -0.1) is 0 Å². The van der Waals surface area contributed by atoms with Crippen molar-refractivity contribution >= 4 is 14.6 Å². The van der Waals surface area contributed by atoms with Gasteiger partial charge in [0.05, 0.1) is 6.61 Å². The molecule has 13 heavy (non-hydrogen) atoms. The number of hydrogen-bond acceptors (Lipinski definition) is 2. The molecule has 3 nitrogen and oxygen atoms in total. The first-order valence-corrected chi connectivity index (χ1v) is 6.53. The Kier molecular flexibility index (Phi) is 17.0. The molecule has 0 fully saturated rings. The average molecular weight is 208 g/mol. The molecular formula is C9H21O3P. The van der Waals surface area contributed by atoms with Crippen LogP contribution in [0.3, 0.4) is 0 Å². The van der Waals surface area contributed by atoms with Crippen molar-refractivity contribution in [2.24, 2.45) is 0 Å². The number of rotatable bonds is 6. The molecule has 0 bridgehead atoms. The number of hydrogen-bond donors (Lipinski definition) is 1. The minimum Gasteiger partial charge on any atom is -0.483 e. The Labute approximate surface area is 82.3 Å². The first-order chi connectivity index (χ1) is 6.22. The summed E-state index contributed by atoms with van der Waals surface area (Å²) in [5, 5.41) is 6.89. The molecule has 0 aliphatic carbocycles. The Morgan fingerprint density at radius 3 is 2.31 bits per heavy atom. The van der Waals surface area contributed by atoms with Gasteiger partial charge in [0, 0.05) is 8.15 Å². The summed E-state index contributed by atoms with van der Waals surface area (Å²) >= 11 is 0. The Morgan fingerprint density at radius 2 is 1.92 bits per heavy atom. The van der Waals surface area contributed by atoms with Crippen LogP contribution in [-0.2, 0) is 9.32 Å². The van der Waals surface area contributed by atoms with Gasteiger partial charge in [-0.1, -0.05) is 26.7 Å². The third-order valence-corrected chi connectivity index (χ3v) is 3.05. The van der Waals surface area contributed by atoms with E-state index < -0.39 is 0 Å². The zero-order valence-electron chi connectivity index (χ0n) is 8.82. The molecule has 0 aromatic heterocycles. The van der Waals surface area contributed by atoms with Gasteiger partial charge < -0.3 is 9.63 Å². The van der Waals surface area contributed by atoms with E-state index >= 15 is 0 Å². The zero-order valence-corrected chi connectivity index (χ0v) is 9.72. The molecular weight excluding hydrogens is 187 g/mol. The maximum atomic E-state index is 8.36. The molecule has 1 N–H and O–H groups in total. The number of carbonyl (C=O) groups is 1. The smallest absolute Gasteiger partial charge is 0.290 e. The van der Waals surface area contributed by atoms with Gasteiger partial charge in [0.15, 0.2) is 0 Å². The molecule has 0 aliphatic rings. The van der Waals surface area contributed by atoms with Crippen molar-refractivity contribution in [2.75, 3.05) is 19.4 Å². The van der Waals surface area contributed by atoms with E-state index in [1.807, 2.05) is 0 Å². The summed E-state index contributed by atoms with van der Waals surface area (Å²) < 4.78 is 5.59. The predicted octanol–water partition coefficient (Wildman–Crippen LogP) is 2.94. The van der Waals surface area contributed by atoms with E-state index in [1.54, 1.807) is 0 Å². The van der Waals surface area contributed by atoms with Crippen LogP contribution in [0.25, 0.3) is 0 Å².